The number of nitrogens with two attached hydrogens (primary N) is 1. The number of aliphatic hydroxyl groups excluding tert-OH is 1. The zero-order valence-electron chi connectivity index (χ0n) is 17.0. The van der Waals surface area contributed by atoms with E-state index in [1.807, 2.05) is 24.3 Å². The molecule has 0 aliphatic heterocycles. The molecule has 0 spiro atoms. The Balaban J connectivity index is 1.48. The van der Waals surface area contributed by atoms with Crippen LogP contribution in [0.25, 0.3) is 11.1 Å². The fourth-order valence-corrected chi connectivity index (χ4v) is 3.97. The third-order valence-electron chi connectivity index (χ3n) is 4.78. The molecule has 1 amide bonds. The molecule has 4 N–H and O–H groups in total. The number of nitrogen functional groups attached to an aromatic ring is 1. The Hall–Kier alpha value is -3.68. The van der Waals surface area contributed by atoms with Crippen LogP contribution in [0.15, 0.2) is 95.0 Å². The highest BCUT2D eigenvalue weighted by atomic mass is 32.2. The summed E-state index contributed by atoms with van der Waals surface area (Å²) in [7, 11) is 0. The van der Waals surface area contributed by atoms with E-state index in [-0.39, 0.29) is 18.3 Å². The van der Waals surface area contributed by atoms with Crippen molar-refractivity contribution < 1.29 is 14.3 Å². The molecule has 0 bridgehead atoms. The Kier molecular flexibility index (Phi) is 6.49. The van der Waals surface area contributed by atoms with Crippen molar-refractivity contribution in [2.45, 2.75) is 16.4 Å². The van der Waals surface area contributed by atoms with Crippen LogP contribution in [0.3, 0.4) is 0 Å². The number of benzene rings is 3. The smallest absolute Gasteiger partial charge is 0.255 e. The summed E-state index contributed by atoms with van der Waals surface area (Å²) in [5.74, 6) is -0.592. The van der Waals surface area contributed by atoms with Gasteiger partial charge in [-0.2, -0.15) is 0 Å². The number of nitrogens with one attached hydrogen (secondary N) is 1. The molecular formula is C25H20FN3O2S. The second-order valence-corrected chi connectivity index (χ2v) is 8.22. The summed E-state index contributed by atoms with van der Waals surface area (Å²) >= 11 is 1.49. The maximum absolute atomic E-state index is 13.2. The quantitative estimate of drug-likeness (QED) is 0.348. The number of anilines is 2. The number of hydrogen-bond donors (Lipinski definition) is 3. The van der Waals surface area contributed by atoms with Gasteiger partial charge in [-0.1, -0.05) is 30.0 Å². The van der Waals surface area contributed by atoms with E-state index in [0.29, 0.717) is 16.9 Å². The van der Waals surface area contributed by atoms with Crippen molar-refractivity contribution in [3.8, 4) is 11.1 Å². The monoisotopic (exact) mass is 445 g/mol. The zero-order chi connectivity index (χ0) is 22.5. The topological polar surface area (TPSA) is 88.2 Å². The molecule has 0 aliphatic carbocycles. The van der Waals surface area contributed by atoms with Gasteiger partial charge in [0.15, 0.2) is 0 Å². The van der Waals surface area contributed by atoms with E-state index in [2.05, 4.69) is 10.3 Å². The maximum Gasteiger partial charge on any atom is 0.255 e. The fraction of sp³-hybridized carbons (Fsp3) is 0.0400. The molecule has 32 heavy (non-hydrogen) atoms. The third-order valence-corrected chi connectivity index (χ3v) is 5.75. The highest BCUT2D eigenvalue weighted by Gasteiger charge is 2.10. The van der Waals surface area contributed by atoms with E-state index in [4.69, 9.17) is 5.73 Å². The van der Waals surface area contributed by atoms with Crippen LogP contribution in [0.5, 0.6) is 0 Å². The van der Waals surface area contributed by atoms with Crippen LogP contribution in [0.4, 0.5) is 15.8 Å². The minimum atomic E-state index is -0.309. The second kappa shape index (κ2) is 9.64. The molecule has 160 valence electrons. The largest absolute Gasteiger partial charge is 0.397 e. The van der Waals surface area contributed by atoms with Crippen molar-refractivity contribution in [1.29, 1.82) is 0 Å². The van der Waals surface area contributed by atoms with Crippen molar-refractivity contribution in [3.05, 3.63) is 102 Å². The average Bonchev–Trinajstić information content (AvgIpc) is 2.81. The lowest BCUT2D eigenvalue weighted by molar-refractivity contribution is 0.102. The van der Waals surface area contributed by atoms with Gasteiger partial charge < -0.3 is 16.2 Å². The molecule has 0 aliphatic rings. The minimum absolute atomic E-state index is 0.0635. The molecule has 0 radical (unpaired) electrons. The lowest BCUT2D eigenvalue weighted by Crippen LogP contribution is -2.13. The first-order valence-electron chi connectivity index (χ1n) is 9.81. The number of carbonyl (C=O) groups excluding carboxylic acids is 1. The molecule has 5 nitrogen and oxygen atoms in total. The molecule has 7 heteroatoms. The molecule has 0 atom stereocenters. The summed E-state index contributed by atoms with van der Waals surface area (Å²) in [5, 5.41) is 12.1. The van der Waals surface area contributed by atoms with Crippen LogP contribution in [0.2, 0.25) is 0 Å². The first kappa shape index (κ1) is 21.5. The number of nitrogens with zero attached hydrogens (tertiary/aromatic N) is 1. The minimum Gasteiger partial charge on any atom is -0.397 e. The van der Waals surface area contributed by atoms with E-state index in [9.17, 15) is 14.3 Å². The molecule has 3 aromatic carbocycles. The number of amides is 1. The predicted molar refractivity (Wildman–Crippen MR) is 125 cm³/mol. The van der Waals surface area contributed by atoms with Crippen molar-refractivity contribution in [3.63, 3.8) is 0 Å². The Morgan fingerprint density at radius 2 is 1.66 bits per heavy atom. The highest BCUT2D eigenvalue weighted by molar-refractivity contribution is 7.99. The number of hydrogen-bond acceptors (Lipinski definition) is 5. The molecule has 0 fully saturated rings. The molecule has 4 aromatic rings. The van der Waals surface area contributed by atoms with Gasteiger partial charge in [-0.15, -0.1) is 0 Å². The lowest BCUT2D eigenvalue weighted by Gasteiger charge is -2.11. The van der Waals surface area contributed by atoms with E-state index >= 15 is 0 Å². The lowest BCUT2D eigenvalue weighted by atomic mass is 10.0. The Morgan fingerprint density at radius 3 is 2.38 bits per heavy atom. The second-order valence-electron chi connectivity index (χ2n) is 7.08. The molecule has 1 aromatic heterocycles. The zero-order valence-corrected chi connectivity index (χ0v) is 17.8. The Morgan fingerprint density at radius 1 is 0.938 bits per heavy atom. The molecular weight excluding hydrogens is 425 g/mol. The van der Waals surface area contributed by atoms with Crippen LogP contribution in [0, 0.1) is 5.82 Å². The summed E-state index contributed by atoms with van der Waals surface area (Å²) in [6.45, 7) is -0.0635. The third kappa shape index (κ3) is 5.14. The van der Waals surface area contributed by atoms with Gasteiger partial charge in [0.05, 0.1) is 18.0 Å². The van der Waals surface area contributed by atoms with Crippen molar-refractivity contribution >= 4 is 29.0 Å². The van der Waals surface area contributed by atoms with Gasteiger partial charge in [-0.05, 0) is 71.3 Å². The summed E-state index contributed by atoms with van der Waals surface area (Å²) in [6, 6.07) is 20.5. The molecule has 1 heterocycles. The Bertz CT molecular complexity index is 1250. The summed E-state index contributed by atoms with van der Waals surface area (Å²) in [5.41, 5.74) is 9.85. The van der Waals surface area contributed by atoms with Crippen molar-refractivity contribution in [1.82, 2.24) is 4.98 Å². The van der Waals surface area contributed by atoms with Crippen LogP contribution in [-0.2, 0) is 6.61 Å². The van der Waals surface area contributed by atoms with Gasteiger partial charge in [0, 0.05) is 27.7 Å². The van der Waals surface area contributed by atoms with Gasteiger partial charge in [0.2, 0.25) is 0 Å². The Labute approximate surface area is 189 Å². The number of halogens is 1. The van der Waals surface area contributed by atoms with Crippen LogP contribution < -0.4 is 11.1 Å². The van der Waals surface area contributed by atoms with Crippen molar-refractivity contribution in [2.75, 3.05) is 11.1 Å². The van der Waals surface area contributed by atoms with Crippen LogP contribution in [-0.4, -0.2) is 16.0 Å². The number of rotatable bonds is 6. The predicted octanol–water partition coefficient (Wildman–Crippen LogP) is 5.37. The summed E-state index contributed by atoms with van der Waals surface area (Å²) in [4.78, 5) is 18.7. The number of pyridine rings is 1. The fourth-order valence-electron chi connectivity index (χ4n) is 3.10. The van der Waals surface area contributed by atoms with E-state index in [1.54, 1.807) is 48.8 Å². The van der Waals surface area contributed by atoms with Gasteiger partial charge in [-0.25, -0.2) is 4.39 Å². The molecule has 4 rings (SSSR count). The summed E-state index contributed by atoms with van der Waals surface area (Å²) in [6.07, 6.45) is 3.34. The number of carbonyl (C=O) groups is 1. The summed E-state index contributed by atoms with van der Waals surface area (Å²) < 4.78 is 13.2. The van der Waals surface area contributed by atoms with Crippen molar-refractivity contribution in [2.24, 2.45) is 0 Å². The molecule has 0 saturated heterocycles. The number of aliphatic hydroxyl groups is 1. The van der Waals surface area contributed by atoms with Crippen LogP contribution in [0.1, 0.15) is 15.9 Å². The standard InChI is InChI=1S/C25H20FN3O2S/c26-20-6-1-17(2-7-20)19-5-10-23(27)24(12-19)29-25(31)18-3-8-21(9-4-18)32-22-11-16(15-30)13-28-14-22/h1-14,30H,15,27H2,(H,29,31). The maximum atomic E-state index is 13.2. The van der Waals surface area contributed by atoms with Gasteiger partial charge in [-0.3, -0.25) is 9.78 Å². The van der Waals surface area contributed by atoms with E-state index < -0.39 is 0 Å². The molecule has 0 saturated carbocycles. The SMILES string of the molecule is Nc1ccc(-c2ccc(F)cc2)cc1NC(=O)c1ccc(Sc2cncc(CO)c2)cc1. The van der Waals surface area contributed by atoms with E-state index in [0.717, 1.165) is 26.5 Å². The molecule has 0 unspecified atom stereocenters. The van der Waals surface area contributed by atoms with E-state index in [1.165, 1.54) is 23.9 Å². The first-order chi connectivity index (χ1) is 15.5. The normalized spacial score (nSPS) is 10.7. The van der Waals surface area contributed by atoms with Gasteiger partial charge in [0.1, 0.15) is 5.82 Å². The average molecular weight is 446 g/mol. The number of aromatic nitrogens is 1. The van der Waals surface area contributed by atoms with Gasteiger partial charge >= 0.3 is 0 Å². The highest BCUT2D eigenvalue weighted by Crippen LogP contribution is 2.29. The first-order valence-corrected chi connectivity index (χ1v) is 10.6. The van der Waals surface area contributed by atoms with Gasteiger partial charge in [0.25, 0.3) is 5.91 Å². The van der Waals surface area contributed by atoms with Crippen LogP contribution >= 0.6 is 11.8 Å².